The zero-order valence-electron chi connectivity index (χ0n) is 13.5. The minimum absolute atomic E-state index is 0.803. The number of rotatable bonds is 3. The third kappa shape index (κ3) is 3.37. The van der Waals surface area contributed by atoms with Crippen LogP contribution in [0.3, 0.4) is 0 Å². The molecule has 0 bridgehead atoms. The molecule has 0 spiro atoms. The van der Waals surface area contributed by atoms with Gasteiger partial charge in [-0.25, -0.2) is 0 Å². The molecule has 24 heavy (non-hydrogen) atoms. The molecule has 1 saturated heterocycles. The van der Waals surface area contributed by atoms with Gasteiger partial charge in [-0.3, -0.25) is 9.88 Å². The van der Waals surface area contributed by atoms with E-state index in [0.29, 0.717) is 0 Å². The fraction of sp³-hybridized carbons (Fsp3) is 0.250. The molecule has 1 aliphatic heterocycles. The lowest BCUT2D eigenvalue weighted by Gasteiger charge is -2.36. The van der Waals surface area contributed by atoms with Crippen molar-refractivity contribution in [2.24, 2.45) is 0 Å². The molecule has 2 aromatic carbocycles. The van der Waals surface area contributed by atoms with Crippen LogP contribution in [0.4, 0.5) is 5.69 Å². The quantitative estimate of drug-likeness (QED) is 0.713. The number of nitrogens with zero attached hydrogens (tertiary/aromatic N) is 3. The summed E-state index contributed by atoms with van der Waals surface area (Å²) in [5.74, 6) is 0. The third-order valence-electron chi connectivity index (χ3n) is 4.60. The Bertz CT molecular complexity index is 841. The minimum atomic E-state index is 0.803. The van der Waals surface area contributed by atoms with Gasteiger partial charge < -0.3 is 4.90 Å². The van der Waals surface area contributed by atoms with Crippen molar-refractivity contribution in [3.63, 3.8) is 0 Å². The molecule has 0 saturated carbocycles. The van der Waals surface area contributed by atoms with E-state index in [1.165, 1.54) is 16.6 Å². The van der Waals surface area contributed by atoms with Crippen LogP contribution in [0.15, 0.2) is 60.8 Å². The lowest BCUT2D eigenvalue weighted by molar-refractivity contribution is 0.250. The molecule has 2 heterocycles. The van der Waals surface area contributed by atoms with E-state index in [4.69, 9.17) is 11.6 Å². The van der Waals surface area contributed by atoms with Crippen LogP contribution in [0, 0.1) is 0 Å². The Morgan fingerprint density at radius 2 is 1.75 bits per heavy atom. The highest BCUT2D eigenvalue weighted by Crippen LogP contribution is 2.21. The lowest BCUT2D eigenvalue weighted by atomic mass is 10.1. The average Bonchev–Trinajstić information content (AvgIpc) is 2.62. The normalized spacial score (nSPS) is 15.8. The highest BCUT2D eigenvalue weighted by Gasteiger charge is 2.17. The van der Waals surface area contributed by atoms with Crippen molar-refractivity contribution in [1.29, 1.82) is 0 Å². The summed E-state index contributed by atoms with van der Waals surface area (Å²) in [6, 6.07) is 18.7. The van der Waals surface area contributed by atoms with Gasteiger partial charge in [-0.2, -0.15) is 0 Å². The number of fused-ring (bicyclic) bond motifs is 1. The van der Waals surface area contributed by atoms with E-state index >= 15 is 0 Å². The number of pyridine rings is 1. The molecule has 0 N–H and O–H groups in total. The lowest BCUT2D eigenvalue weighted by Crippen LogP contribution is -2.45. The molecule has 3 nitrogen and oxygen atoms in total. The number of halogens is 1. The number of hydrogen-bond donors (Lipinski definition) is 0. The Kier molecular flexibility index (Phi) is 4.37. The fourth-order valence-electron chi connectivity index (χ4n) is 3.30. The molecule has 0 unspecified atom stereocenters. The summed E-state index contributed by atoms with van der Waals surface area (Å²) in [4.78, 5) is 9.46. The van der Waals surface area contributed by atoms with E-state index in [1.807, 2.05) is 30.5 Å². The number of piperazine rings is 1. The number of para-hydroxylation sites is 1. The monoisotopic (exact) mass is 337 g/mol. The summed E-state index contributed by atoms with van der Waals surface area (Å²) in [6.45, 7) is 5.13. The van der Waals surface area contributed by atoms with Gasteiger partial charge in [0.05, 0.1) is 5.52 Å². The van der Waals surface area contributed by atoms with Gasteiger partial charge in [0.1, 0.15) is 0 Å². The molecular weight excluding hydrogens is 318 g/mol. The average molecular weight is 338 g/mol. The van der Waals surface area contributed by atoms with E-state index in [9.17, 15) is 0 Å². The molecular formula is C20H20ClN3. The summed E-state index contributed by atoms with van der Waals surface area (Å²) < 4.78 is 0. The Hall–Kier alpha value is -2.10. The Balaban J connectivity index is 1.40. The summed E-state index contributed by atoms with van der Waals surface area (Å²) in [5, 5.41) is 2.02. The zero-order chi connectivity index (χ0) is 16.4. The maximum atomic E-state index is 6.10. The van der Waals surface area contributed by atoms with Gasteiger partial charge in [0.15, 0.2) is 0 Å². The molecule has 4 heteroatoms. The first-order valence-electron chi connectivity index (χ1n) is 8.34. The second-order valence-corrected chi connectivity index (χ2v) is 6.72. The second-order valence-electron chi connectivity index (χ2n) is 6.28. The van der Waals surface area contributed by atoms with E-state index in [-0.39, 0.29) is 0 Å². The van der Waals surface area contributed by atoms with Crippen molar-refractivity contribution in [2.75, 3.05) is 31.1 Å². The van der Waals surface area contributed by atoms with Gasteiger partial charge >= 0.3 is 0 Å². The molecule has 4 rings (SSSR count). The number of aromatic nitrogens is 1. The van der Waals surface area contributed by atoms with Crippen LogP contribution in [-0.2, 0) is 6.54 Å². The van der Waals surface area contributed by atoms with Crippen molar-refractivity contribution in [2.45, 2.75) is 6.54 Å². The largest absolute Gasteiger partial charge is 0.369 e. The minimum Gasteiger partial charge on any atom is -0.369 e. The Labute approximate surface area is 147 Å². The Morgan fingerprint density at radius 1 is 0.917 bits per heavy atom. The summed E-state index contributed by atoms with van der Waals surface area (Å²) in [6.07, 6.45) is 2.01. The molecule has 0 aliphatic carbocycles. The van der Waals surface area contributed by atoms with Crippen LogP contribution in [-0.4, -0.2) is 36.1 Å². The first kappa shape index (κ1) is 15.4. The van der Waals surface area contributed by atoms with Gasteiger partial charge in [0.25, 0.3) is 0 Å². The maximum Gasteiger partial charge on any atom is 0.0702 e. The molecule has 1 aromatic heterocycles. The van der Waals surface area contributed by atoms with Crippen molar-refractivity contribution in [1.82, 2.24) is 9.88 Å². The van der Waals surface area contributed by atoms with Crippen molar-refractivity contribution >= 4 is 28.2 Å². The van der Waals surface area contributed by atoms with Crippen LogP contribution in [0.1, 0.15) is 5.56 Å². The predicted molar refractivity (Wildman–Crippen MR) is 101 cm³/mol. The molecule has 3 aromatic rings. The molecule has 122 valence electrons. The summed E-state index contributed by atoms with van der Waals surface area (Å²) in [5.41, 5.74) is 3.56. The smallest absolute Gasteiger partial charge is 0.0702 e. The highest BCUT2D eigenvalue weighted by atomic mass is 35.5. The van der Waals surface area contributed by atoms with E-state index in [1.54, 1.807) is 0 Å². The first-order valence-corrected chi connectivity index (χ1v) is 8.72. The topological polar surface area (TPSA) is 19.4 Å². The molecule has 1 aliphatic rings. The van der Waals surface area contributed by atoms with E-state index in [2.05, 4.69) is 45.1 Å². The highest BCUT2D eigenvalue weighted by molar-refractivity contribution is 6.30. The van der Waals surface area contributed by atoms with Crippen LogP contribution >= 0.6 is 11.6 Å². The van der Waals surface area contributed by atoms with Crippen LogP contribution in [0.5, 0.6) is 0 Å². The van der Waals surface area contributed by atoms with Crippen LogP contribution in [0.2, 0.25) is 5.02 Å². The first-order chi connectivity index (χ1) is 11.8. The molecule has 0 atom stereocenters. The zero-order valence-corrected chi connectivity index (χ0v) is 14.3. The van der Waals surface area contributed by atoms with Crippen molar-refractivity contribution < 1.29 is 0 Å². The predicted octanol–water partition coefficient (Wildman–Crippen LogP) is 4.21. The second kappa shape index (κ2) is 6.80. The molecule has 1 fully saturated rings. The standard InChI is InChI=1S/C20H20ClN3/c21-18-5-3-6-19(13-18)24-10-8-23(9-11-24)15-16-12-17-4-1-2-7-20(17)22-14-16/h1-7,12-14H,8-11,15H2. The summed E-state index contributed by atoms with van der Waals surface area (Å²) in [7, 11) is 0. The van der Waals surface area contributed by atoms with Crippen molar-refractivity contribution in [3.05, 3.63) is 71.4 Å². The van der Waals surface area contributed by atoms with E-state index in [0.717, 1.165) is 43.3 Å². The van der Waals surface area contributed by atoms with Gasteiger partial charge in [-0.1, -0.05) is 35.9 Å². The van der Waals surface area contributed by atoms with Crippen LogP contribution in [0.25, 0.3) is 10.9 Å². The van der Waals surface area contributed by atoms with E-state index < -0.39 is 0 Å². The van der Waals surface area contributed by atoms with Gasteiger partial charge in [0, 0.05) is 55.0 Å². The van der Waals surface area contributed by atoms with Crippen molar-refractivity contribution in [3.8, 4) is 0 Å². The number of benzene rings is 2. The third-order valence-corrected chi connectivity index (χ3v) is 4.83. The van der Waals surface area contributed by atoms with Gasteiger partial charge in [-0.15, -0.1) is 0 Å². The number of anilines is 1. The SMILES string of the molecule is Clc1cccc(N2CCN(Cc3cnc4ccccc4c3)CC2)c1. The van der Waals surface area contributed by atoms with Crippen LogP contribution < -0.4 is 4.90 Å². The Morgan fingerprint density at radius 3 is 2.58 bits per heavy atom. The molecule has 0 radical (unpaired) electrons. The maximum absolute atomic E-state index is 6.10. The van der Waals surface area contributed by atoms with Gasteiger partial charge in [-0.05, 0) is 35.9 Å². The van der Waals surface area contributed by atoms with Gasteiger partial charge in [0.2, 0.25) is 0 Å². The number of hydrogen-bond acceptors (Lipinski definition) is 3. The molecule has 0 amide bonds. The fourth-order valence-corrected chi connectivity index (χ4v) is 3.48. The summed E-state index contributed by atoms with van der Waals surface area (Å²) >= 11 is 6.10.